The average molecular weight is 408 g/mol. The summed E-state index contributed by atoms with van der Waals surface area (Å²) in [6.45, 7) is 0. The molecule has 3 aromatic carbocycles. The maximum Gasteiger partial charge on any atom is 0.256 e. The predicted molar refractivity (Wildman–Crippen MR) is 110 cm³/mol. The summed E-state index contributed by atoms with van der Waals surface area (Å²) in [6, 6.07) is 24.7. The second-order valence-corrected chi connectivity index (χ2v) is 6.57. The Kier molecular flexibility index (Phi) is 5.87. The van der Waals surface area contributed by atoms with Gasteiger partial charge in [-0.05, 0) is 53.6 Å². The van der Waals surface area contributed by atoms with Gasteiger partial charge >= 0.3 is 0 Å². The molecule has 0 radical (unpaired) electrons. The van der Waals surface area contributed by atoms with Crippen LogP contribution in [0.15, 0.2) is 83.3 Å². The van der Waals surface area contributed by atoms with Gasteiger partial charge in [0.25, 0.3) is 5.91 Å². The first-order valence-electron chi connectivity index (χ1n) is 8.14. The second-order valence-electron chi connectivity index (χ2n) is 5.66. The summed E-state index contributed by atoms with van der Waals surface area (Å²) >= 11 is 3.40. The minimum atomic E-state index is -0.158. The Balaban J connectivity index is 1.93. The number of hydrogen-bond acceptors (Lipinski definition) is 2. The van der Waals surface area contributed by atoms with E-state index >= 15 is 0 Å². The number of carbonyl (C=O) groups is 1. The van der Waals surface area contributed by atoms with Crippen LogP contribution in [0.1, 0.15) is 11.1 Å². The fourth-order valence-electron chi connectivity index (χ4n) is 2.50. The molecule has 0 fully saturated rings. The number of hydrogen-bond donors (Lipinski definition) is 1. The molecule has 1 N–H and O–H groups in total. The van der Waals surface area contributed by atoms with E-state index in [1.54, 1.807) is 7.11 Å². The monoisotopic (exact) mass is 407 g/mol. The van der Waals surface area contributed by atoms with Crippen LogP contribution in [0.5, 0.6) is 5.75 Å². The fourth-order valence-corrected chi connectivity index (χ4v) is 2.76. The number of anilines is 1. The van der Waals surface area contributed by atoms with Crippen LogP contribution in [-0.4, -0.2) is 13.0 Å². The molecule has 0 bridgehead atoms. The van der Waals surface area contributed by atoms with Gasteiger partial charge in [0.05, 0.1) is 7.11 Å². The predicted octanol–water partition coefficient (Wildman–Crippen LogP) is 5.64. The number of benzene rings is 3. The highest BCUT2D eigenvalue weighted by molar-refractivity contribution is 9.10. The molecular formula is C22H18BrNO2. The molecule has 3 nitrogen and oxygen atoms in total. The molecule has 0 unspecified atom stereocenters. The lowest BCUT2D eigenvalue weighted by Crippen LogP contribution is -2.13. The van der Waals surface area contributed by atoms with Gasteiger partial charge in [0.1, 0.15) is 5.75 Å². The summed E-state index contributed by atoms with van der Waals surface area (Å²) in [6.07, 6.45) is 1.88. The average Bonchev–Trinajstić information content (AvgIpc) is 2.69. The Morgan fingerprint density at radius 3 is 2.19 bits per heavy atom. The van der Waals surface area contributed by atoms with Crippen molar-refractivity contribution in [3.63, 3.8) is 0 Å². The standard InChI is InChI=1S/C22H18BrNO2/c1-26-20-13-7-16(8-14-20)15-21(17-5-3-2-4-6-17)22(25)24-19-11-9-18(23)10-12-19/h2-15H,1H3,(H,24,25)/b21-15-. The highest BCUT2D eigenvalue weighted by atomic mass is 79.9. The molecular weight excluding hydrogens is 390 g/mol. The molecule has 0 spiro atoms. The quantitative estimate of drug-likeness (QED) is 0.439. The molecule has 0 saturated carbocycles. The number of ether oxygens (including phenoxy) is 1. The van der Waals surface area contributed by atoms with E-state index in [4.69, 9.17) is 4.74 Å². The molecule has 0 heterocycles. The largest absolute Gasteiger partial charge is 0.497 e. The summed E-state index contributed by atoms with van der Waals surface area (Å²) in [7, 11) is 1.63. The number of carbonyl (C=O) groups excluding carboxylic acids is 1. The zero-order valence-electron chi connectivity index (χ0n) is 14.3. The molecule has 130 valence electrons. The maximum atomic E-state index is 12.9. The van der Waals surface area contributed by atoms with Gasteiger partial charge < -0.3 is 10.1 Å². The Morgan fingerprint density at radius 2 is 1.58 bits per heavy atom. The van der Waals surface area contributed by atoms with Crippen molar-refractivity contribution in [1.29, 1.82) is 0 Å². The molecule has 4 heteroatoms. The molecule has 1 amide bonds. The van der Waals surface area contributed by atoms with Gasteiger partial charge in [-0.25, -0.2) is 0 Å². The number of nitrogens with one attached hydrogen (secondary N) is 1. The molecule has 26 heavy (non-hydrogen) atoms. The lowest BCUT2D eigenvalue weighted by atomic mass is 10.0. The van der Waals surface area contributed by atoms with E-state index in [-0.39, 0.29) is 5.91 Å². The van der Waals surface area contributed by atoms with Gasteiger partial charge in [0.15, 0.2) is 0 Å². The minimum Gasteiger partial charge on any atom is -0.497 e. The van der Waals surface area contributed by atoms with Crippen molar-refractivity contribution in [1.82, 2.24) is 0 Å². The van der Waals surface area contributed by atoms with Crippen LogP contribution in [0.4, 0.5) is 5.69 Å². The summed E-state index contributed by atoms with van der Waals surface area (Å²) < 4.78 is 6.16. The second kappa shape index (κ2) is 8.50. The zero-order valence-corrected chi connectivity index (χ0v) is 15.9. The van der Waals surface area contributed by atoms with E-state index in [1.165, 1.54) is 0 Å². The Labute approximate surface area is 161 Å². The van der Waals surface area contributed by atoms with Gasteiger partial charge in [-0.3, -0.25) is 4.79 Å². The van der Waals surface area contributed by atoms with E-state index in [0.29, 0.717) is 5.57 Å². The zero-order chi connectivity index (χ0) is 18.4. The maximum absolute atomic E-state index is 12.9. The van der Waals surface area contributed by atoms with E-state index < -0.39 is 0 Å². The van der Waals surface area contributed by atoms with Crippen molar-refractivity contribution < 1.29 is 9.53 Å². The lowest BCUT2D eigenvalue weighted by molar-refractivity contribution is -0.111. The smallest absolute Gasteiger partial charge is 0.256 e. The van der Waals surface area contributed by atoms with E-state index in [0.717, 1.165) is 27.0 Å². The van der Waals surface area contributed by atoms with Crippen molar-refractivity contribution in [3.05, 3.63) is 94.5 Å². The van der Waals surface area contributed by atoms with Crippen LogP contribution in [0.25, 0.3) is 11.6 Å². The number of amides is 1. The van der Waals surface area contributed by atoms with Gasteiger partial charge in [-0.2, -0.15) is 0 Å². The molecule has 0 aliphatic heterocycles. The van der Waals surface area contributed by atoms with Crippen molar-refractivity contribution in [2.75, 3.05) is 12.4 Å². The third-order valence-electron chi connectivity index (χ3n) is 3.86. The Hall–Kier alpha value is -2.85. The van der Waals surface area contributed by atoms with Crippen LogP contribution in [-0.2, 0) is 4.79 Å². The first-order chi connectivity index (χ1) is 12.7. The van der Waals surface area contributed by atoms with Crippen LogP contribution in [0, 0.1) is 0 Å². The molecule has 3 aromatic rings. The van der Waals surface area contributed by atoms with E-state index in [2.05, 4.69) is 21.2 Å². The molecule has 0 aliphatic carbocycles. The number of halogens is 1. The van der Waals surface area contributed by atoms with Crippen molar-refractivity contribution in [2.24, 2.45) is 0 Å². The Bertz CT molecular complexity index is 901. The van der Waals surface area contributed by atoms with Crippen molar-refractivity contribution in [2.45, 2.75) is 0 Å². The van der Waals surface area contributed by atoms with Crippen molar-refractivity contribution in [3.8, 4) is 5.75 Å². The molecule has 0 aromatic heterocycles. The normalized spacial score (nSPS) is 11.1. The van der Waals surface area contributed by atoms with Crippen molar-refractivity contribution >= 4 is 39.2 Å². The Morgan fingerprint density at radius 1 is 0.923 bits per heavy atom. The van der Waals surface area contributed by atoms with Crippen LogP contribution in [0.2, 0.25) is 0 Å². The van der Waals surface area contributed by atoms with E-state index in [1.807, 2.05) is 84.9 Å². The topological polar surface area (TPSA) is 38.3 Å². The first kappa shape index (κ1) is 18.0. The highest BCUT2D eigenvalue weighted by Gasteiger charge is 2.12. The van der Waals surface area contributed by atoms with Crippen LogP contribution >= 0.6 is 15.9 Å². The SMILES string of the molecule is COc1ccc(/C=C(\C(=O)Nc2ccc(Br)cc2)c2ccccc2)cc1. The van der Waals surface area contributed by atoms with Gasteiger partial charge in [0, 0.05) is 15.7 Å². The number of methoxy groups -OCH3 is 1. The van der Waals surface area contributed by atoms with Gasteiger partial charge in [0.2, 0.25) is 0 Å². The molecule has 3 rings (SSSR count). The van der Waals surface area contributed by atoms with E-state index in [9.17, 15) is 4.79 Å². The summed E-state index contributed by atoms with van der Waals surface area (Å²) in [4.78, 5) is 12.9. The molecule has 0 saturated heterocycles. The lowest BCUT2D eigenvalue weighted by Gasteiger charge is -2.10. The number of rotatable bonds is 5. The fraction of sp³-hybridized carbons (Fsp3) is 0.0455. The van der Waals surface area contributed by atoms with Crippen LogP contribution in [0.3, 0.4) is 0 Å². The highest BCUT2D eigenvalue weighted by Crippen LogP contribution is 2.22. The van der Waals surface area contributed by atoms with Gasteiger partial charge in [-0.15, -0.1) is 0 Å². The third-order valence-corrected chi connectivity index (χ3v) is 4.39. The third kappa shape index (κ3) is 4.61. The first-order valence-corrected chi connectivity index (χ1v) is 8.93. The molecule has 0 atom stereocenters. The summed E-state index contributed by atoms with van der Waals surface area (Å²) in [5.74, 6) is 0.622. The minimum absolute atomic E-state index is 0.158. The van der Waals surface area contributed by atoms with Crippen LogP contribution < -0.4 is 10.1 Å². The summed E-state index contributed by atoms with van der Waals surface area (Å²) in [5.41, 5.74) is 3.13. The molecule has 0 aliphatic rings. The van der Waals surface area contributed by atoms with Gasteiger partial charge in [-0.1, -0.05) is 58.4 Å². The summed E-state index contributed by atoms with van der Waals surface area (Å²) in [5, 5.41) is 2.96.